The number of likely N-dealkylation sites (tertiary alicyclic amines) is 2. The molecule has 0 radical (unpaired) electrons. The number of aryl methyl sites for hydroxylation is 1. The number of hydrogen-bond donors (Lipinski definition) is 3. The van der Waals surface area contributed by atoms with Crippen LogP contribution in [0.4, 0.5) is 22.0 Å². The van der Waals surface area contributed by atoms with E-state index in [2.05, 4.69) is 16.0 Å². The fourth-order valence-electron chi connectivity index (χ4n) is 14.0. The van der Waals surface area contributed by atoms with Crippen LogP contribution in [-0.2, 0) is 74.9 Å². The van der Waals surface area contributed by atoms with E-state index in [1.807, 2.05) is 13.8 Å². The third-order valence-corrected chi connectivity index (χ3v) is 21.2. The Morgan fingerprint density at radius 2 is 1.17 bits per heavy atom. The average Bonchev–Trinajstić information content (AvgIpc) is 0.805. The molecule has 4 fully saturated rings. The van der Waals surface area contributed by atoms with Gasteiger partial charge < -0.3 is 64.9 Å². The van der Waals surface area contributed by atoms with Crippen molar-refractivity contribution < 1.29 is 84.3 Å². The van der Waals surface area contributed by atoms with Gasteiger partial charge >= 0.3 is 6.18 Å². The fraction of sp³-hybridized carbons (Fsp3) is 0.736. The van der Waals surface area contributed by atoms with Crippen molar-refractivity contribution in [3.8, 4) is 0 Å². The van der Waals surface area contributed by atoms with Crippen LogP contribution in [0, 0.1) is 23.7 Å². The molecule has 1 aliphatic carbocycles. The summed E-state index contributed by atoms with van der Waals surface area (Å²) in [7, 11) is 10.4. The monoisotopic (exact) mass is 1500 g/mol. The van der Waals surface area contributed by atoms with Crippen molar-refractivity contribution in [1.29, 1.82) is 0 Å². The van der Waals surface area contributed by atoms with Crippen LogP contribution in [0.5, 0.6) is 0 Å². The molecule has 26 nitrogen and oxygen atoms in total. The molecule has 0 spiro atoms. The second kappa shape index (κ2) is 38.5. The van der Waals surface area contributed by atoms with E-state index in [9.17, 15) is 69.9 Å². The Morgan fingerprint density at radius 1 is 0.606 bits per heavy atom. The molecule has 3 heterocycles. The zero-order chi connectivity index (χ0) is 78.2. The SMILES string of the molecule is CC[C@H](C)[C@@H]1NC(=O)[C@H](CC(C)C)N(C)C(=O)C[C@@H](C(=O)N2CCCCC2)N(C)C(=O)[C@H](C(C)C)N(C)C(=O)[C@H](C)NC(=O)[C@H](CC(=O)N2CCC(F)(F)CC2)N(C)C(=O)[C@H](CCc2ccc(C(F)(F)F)c(Cl)c2)NC(=O)CN(C)C(=O)[C@H](CC2CCCCC2)N(C)C(=O)CN(C)C(=O)CN(C)C1=O. The highest BCUT2D eigenvalue weighted by Crippen LogP contribution is 2.36. The summed E-state index contributed by atoms with van der Waals surface area (Å²) in [4.78, 5) is 203. The predicted octanol–water partition coefficient (Wildman–Crippen LogP) is 5.06. The van der Waals surface area contributed by atoms with E-state index in [0.717, 1.165) is 85.2 Å². The first-order valence-corrected chi connectivity index (χ1v) is 36.6. The van der Waals surface area contributed by atoms with Crippen molar-refractivity contribution >= 4 is 88.4 Å². The van der Waals surface area contributed by atoms with Crippen LogP contribution in [-0.4, -0.2) is 282 Å². The van der Waals surface area contributed by atoms with Crippen LogP contribution < -0.4 is 16.0 Å². The summed E-state index contributed by atoms with van der Waals surface area (Å²) < 4.78 is 70.8. The lowest BCUT2D eigenvalue weighted by Crippen LogP contribution is -2.61. The normalized spacial score (nSPS) is 25.8. The highest BCUT2D eigenvalue weighted by Gasteiger charge is 2.45. The molecule has 0 bridgehead atoms. The lowest BCUT2D eigenvalue weighted by atomic mass is 9.84. The quantitative estimate of drug-likeness (QED) is 0.218. The number of alkyl halides is 5. The number of likely N-dealkylation sites (N-methyl/N-ethyl adjacent to an activating group) is 8. The summed E-state index contributed by atoms with van der Waals surface area (Å²) in [6.07, 6.45) is -1.80. The Morgan fingerprint density at radius 3 is 1.74 bits per heavy atom. The lowest BCUT2D eigenvalue weighted by Gasteiger charge is -2.40. The Balaban J connectivity index is 1.65. The largest absolute Gasteiger partial charge is 0.417 e. The topological polar surface area (TPSA) is 290 Å². The van der Waals surface area contributed by atoms with E-state index in [0.29, 0.717) is 45.2 Å². The second-order valence-corrected chi connectivity index (χ2v) is 30.1. The number of amides is 13. The van der Waals surface area contributed by atoms with Crippen LogP contribution in [0.2, 0.25) is 5.02 Å². The first-order valence-electron chi connectivity index (χ1n) is 36.3. The Labute approximate surface area is 613 Å². The van der Waals surface area contributed by atoms with Crippen LogP contribution >= 0.6 is 11.6 Å². The van der Waals surface area contributed by atoms with Crippen molar-refractivity contribution in [1.82, 2.24) is 64.9 Å². The number of rotatable bonds is 13. The minimum absolute atomic E-state index is 0.0535. The molecule has 3 N–H and O–H groups in total. The molecule has 3 saturated heterocycles. The molecule has 4 aliphatic rings. The van der Waals surface area contributed by atoms with Crippen molar-refractivity contribution in [2.75, 3.05) is 102 Å². The molecular formula is C72H111ClF5N13O13. The molecule has 104 heavy (non-hydrogen) atoms. The second-order valence-electron chi connectivity index (χ2n) is 29.7. The van der Waals surface area contributed by atoms with Crippen molar-refractivity contribution in [3.05, 3.63) is 34.3 Å². The van der Waals surface area contributed by atoms with Gasteiger partial charge in [0.1, 0.15) is 48.3 Å². The highest BCUT2D eigenvalue weighted by molar-refractivity contribution is 6.31. The van der Waals surface area contributed by atoms with Gasteiger partial charge in [0.05, 0.1) is 43.1 Å². The van der Waals surface area contributed by atoms with E-state index in [4.69, 9.17) is 11.6 Å². The first-order chi connectivity index (χ1) is 48.5. The van der Waals surface area contributed by atoms with E-state index in [-0.39, 0.29) is 36.7 Å². The maximum absolute atomic E-state index is 15.3. The van der Waals surface area contributed by atoms with Crippen molar-refractivity contribution in [3.63, 3.8) is 0 Å². The zero-order valence-electron chi connectivity index (χ0n) is 63.2. The van der Waals surface area contributed by atoms with Gasteiger partial charge in [-0.1, -0.05) is 97.7 Å². The van der Waals surface area contributed by atoms with Gasteiger partial charge in [0.25, 0.3) is 5.92 Å². The maximum atomic E-state index is 15.3. The zero-order valence-corrected chi connectivity index (χ0v) is 63.9. The van der Waals surface area contributed by atoms with E-state index in [1.54, 1.807) is 32.6 Å². The standard InChI is InChI=1S/C72H111ClF5N13O13/c1-16-45(6)61-69(103)84(10)41-59(95)82(8)42-60(96)86(12)54(37-47-23-19-17-20-24-47)67(101)83(9)40-56(92)80-51(28-26-48-25-27-49(50(73)36-48)72(76,77)78)66(100)87(13)53(38-58(94)90-33-29-71(74,75)30-34-90)63(97)79-46(7)65(99)89(15)62(44(4)5)70(104)88(14)55(68(102)91-31-21-18-22-32-91)39-57(93)85(11)52(35-43(2)3)64(98)81-61/h25,27,36,43-47,51-55,61-62H,16-24,26,28-35,37-42H2,1-15H3,(H,79,97)(H,80,92)(H,81,98)/t45-,46-,51-,52-,53-,54-,55-,61-,62-/m0/s1. The smallest absolute Gasteiger partial charge is 0.343 e. The van der Waals surface area contributed by atoms with Crippen molar-refractivity contribution in [2.45, 2.75) is 218 Å². The number of halogens is 6. The molecule has 1 aromatic carbocycles. The number of hydrogen-bond acceptors (Lipinski definition) is 13. The summed E-state index contributed by atoms with van der Waals surface area (Å²) >= 11 is 6.12. The molecule has 3 aliphatic heterocycles. The molecule has 0 aromatic heterocycles. The minimum Gasteiger partial charge on any atom is -0.343 e. The summed E-state index contributed by atoms with van der Waals surface area (Å²) in [5, 5.41) is 7.32. The van der Waals surface area contributed by atoms with Gasteiger partial charge in [0.2, 0.25) is 76.8 Å². The number of piperidine rings is 2. The summed E-state index contributed by atoms with van der Waals surface area (Å²) in [5.74, 6) is -15.3. The molecule has 32 heteroatoms. The van der Waals surface area contributed by atoms with Crippen LogP contribution in [0.1, 0.15) is 162 Å². The summed E-state index contributed by atoms with van der Waals surface area (Å²) in [5.41, 5.74) is -0.996. The van der Waals surface area contributed by atoms with Gasteiger partial charge in [-0.15, -0.1) is 0 Å². The van der Waals surface area contributed by atoms with Crippen LogP contribution in [0.25, 0.3) is 0 Å². The summed E-state index contributed by atoms with van der Waals surface area (Å²) in [6, 6.07) is -8.97. The number of nitrogens with zero attached hydrogens (tertiary/aromatic N) is 10. The van der Waals surface area contributed by atoms with Gasteiger partial charge in [0.15, 0.2) is 0 Å². The molecule has 1 aromatic rings. The van der Waals surface area contributed by atoms with Gasteiger partial charge in [-0.05, 0) is 93.2 Å². The van der Waals surface area contributed by atoms with E-state index < -0.39 is 224 Å². The molecule has 9 atom stereocenters. The van der Waals surface area contributed by atoms with Crippen molar-refractivity contribution in [2.24, 2.45) is 23.7 Å². The lowest BCUT2D eigenvalue weighted by molar-refractivity contribution is -0.155. The minimum atomic E-state index is -4.84. The Hall–Kier alpha value is -7.73. The average molecular weight is 1500 g/mol. The Kier molecular flexibility index (Phi) is 32.2. The van der Waals surface area contributed by atoms with Gasteiger partial charge in [-0.25, -0.2) is 8.78 Å². The third kappa shape index (κ3) is 23.6. The molecule has 0 unspecified atom stereocenters. The molecule has 13 amide bonds. The molecule has 5 rings (SSSR count). The first kappa shape index (κ1) is 86.9. The molecule has 584 valence electrons. The van der Waals surface area contributed by atoms with Gasteiger partial charge in [0, 0.05) is 95.4 Å². The maximum Gasteiger partial charge on any atom is 0.417 e. The van der Waals surface area contributed by atoms with E-state index >= 15 is 14.4 Å². The Bertz CT molecular complexity index is 3230. The number of benzene rings is 1. The predicted molar refractivity (Wildman–Crippen MR) is 377 cm³/mol. The van der Waals surface area contributed by atoms with Crippen LogP contribution in [0.15, 0.2) is 18.2 Å². The highest BCUT2D eigenvalue weighted by atomic mass is 35.5. The number of carbonyl (C=O) groups excluding carboxylic acids is 13. The molecular weight excluding hydrogens is 1390 g/mol. The number of carbonyl (C=O) groups is 13. The van der Waals surface area contributed by atoms with Gasteiger partial charge in [-0.3, -0.25) is 62.3 Å². The van der Waals surface area contributed by atoms with Crippen LogP contribution in [0.3, 0.4) is 0 Å². The summed E-state index contributed by atoms with van der Waals surface area (Å²) in [6.45, 7) is 9.45. The number of nitrogens with one attached hydrogen (secondary N) is 3. The van der Waals surface area contributed by atoms with Gasteiger partial charge in [-0.2, -0.15) is 13.2 Å². The fourth-order valence-corrected chi connectivity index (χ4v) is 14.3. The molecule has 1 saturated carbocycles. The third-order valence-electron chi connectivity index (χ3n) is 20.9. The van der Waals surface area contributed by atoms with E-state index in [1.165, 1.54) is 66.1 Å².